The van der Waals surface area contributed by atoms with E-state index < -0.39 is 22.7 Å². The predicted octanol–water partition coefficient (Wildman–Crippen LogP) is 3.04. The number of nitrogens with one attached hydrogen (secondary N) is 2. The van der Waals surface area contributed by atoms with E-state index in [4.69, 9.17) is 0 Å². The van der Waals surface area contributed by atoms with Crippen LogP contribution in [0.15, 0.2) is 66.0 Å². The molecule has 172 valence electrons. The standard InChI is InChI=1S/C24H20FN5O3S/c1-34(33)21-13-26-20-8-14(6-7-18(20)21)23(32)30(16-9-22(31)27-12-16)24-28-10-15(11-29-24)17-4-2-3-5-19(17)25/h2-8,10-11,13,16,26H,9,12H2,1H3,(H,27,31). The van der Waals surface area contributed by atoms with Crippen LogP contribution in [0.25, 0.3) is 22.0 Å². The van der Waals surface area contributed by atoms with Crippen molar-refractivity contribution in [3.05, 3.63) is 72.4 Å². The van der Waals surface area contributed by atoms with Crippen molar-refractivity contribution in [1.82, 2.24) is 20.3 Å². The Kier molecular flexibility index (Phi) is 5.66. The molecule has 4 aromatic rings. The average molecular weight is 478 g/mol. The van der Waals surface area contributed by atoms with E-state index in [0.29, 0.717) is 27.1 Å². The van der Waals surface area contributed by atoms with Crippen LogP contribution in [0.3, 0.4) is 0 Å². The highest BCUT2D eigenvalue weighted by molar-refractivity contribution is 7.84. The van der Waals surface area contributed by atoms with Gasteiger partial charge in [-0.15, -0.1) is 0 Å². The van der Waals surface area contributed by atoms with Crippen LogP contribution in [-0.4, -0.2) is 49.8 Å². The van der Waals surface area contributed by atoms with Gasteiger partial charge in [0, 0.05) is 65.4 Å². The number of hydrogen-bond acceptors (Lipinski definition) is 5. The number of carbonyl (C=O) groups is 2. The number of anilines is 1. The number of amides is 2. The quantitative estimate of drug-likeness (QED) is 0.459. The molecule has 5 rings (SSSR count). The van der Waals surface area contributed by atoms with Gasteiger partial charge in [-0.1, -0.05) is 24.3 Å². The first-order valence-electron chi connectivity index (χ1n) is 10.5. The first-order chi connectivity index (χ1) is 16.4. The second-order valence-electron chi connectivity index (χ2n) is 7.96. The minimum atomic E-state index is -1.17. The fraction of sp³-hybridized carbons (Fsp3) is 0.167. The zero-order valence-electron chi connectivity index (χ0n) is 18.1. The van der Waals surface area contributed by atoms with E-state index in [0.717, 1.165) is 5.39 Å². The van der Waals surface area contributed by atoms with Gasteiger partial charge in [-0.05, 0) is 18.2 Å². The Labute approximate surface area is 196 Å². The van der Waals surface area contributed by atoms with Gasteiger partial charge in [0.25, 0.3) is 5.91 Å². The van der Waals surface area contributed by atoms with Crippen LogP contribution in [0.4, 0.5) is 10.3 Å². The number of benzene rings is 2. The molecule has 34 heavy (non-hydrogen) atoms. The maximum absolute atomic E-state index is 14.2. The normalized spacial score (nSPS) is 16.4. The summed E-state index contributed by atoms with van der Waals surface area (Å²) < 4.78 is 26.1. The van der Waals surface area contributed by atoms with Gasteiger partial charge >= 0.3 is 0 Å². The second-order valence-corrected chi connectivity index (χ2v) is 9.30. The SMILES string of the molecule is CS(=O)c1c[nH]c2cc(C(=O)N(c3ncc(-c4ccccc4F)cn3)C3CNC(=O)C3)ccc12. The zero-order valence-corrected chi connectivity index (χ0v) is 18.9. The molecular weight excluding hydrogens is 457 g/mol. The van der Waals surface area contributed by atoms with Crippen molar-refractivity contribution < 1.29 is 18.2 Å². The number of aromatic nitrogens is 3. The lowest BCUT2D eigenvalue weighted by atomic mass is 10.1. The number of hydrogen-bond donors (Lipinski definition) is 2. The molecule has 1 fully saturated rings. The Morgan fingerprint density at radius 3 is 2.62 bits per heavy atom. The van der Waals surface area contributed by atoms with Crippen LogP contribution in [0.5, 0.6) is 0 Å². The minimum absolute atomic E-state index is 0.119. The molecule has 1 aliphatic heterocycles. The second kappa shape index (κ2) is 8.79. The first kappa shape index (κ1) is 21.9. The summed E-state index contributed by atoms with van der Waals surface area (Å²) in [6.45, 7) is 0.271. The van der Waals surface area contributed by atoms with E-state index in [1.807, 2.05) is 0 Å². The molecule has 1 saturated heterocycles. The molecule has 2 atom stereocenters. The van der Waals surface area contributed by atoms with Crippen molar-refractivity contribution >= 4 is 39.5 Å². The number of halogens is 1. The molecule has 0 aliphatic carbocycles. The Morgan fingerprint density at radius 1 is 1.18 bits per heavy atom. The lowest BCUT2D eigenvalue weighted by molar-refractivity contribution is -0.119. The van der Waals surface area contributed by atoms with Gasteiger partial charge in [-0.2, -0.15) is 0 Å². The molecule has 2 aromatic heterocycles. The summed E-state index contributed by atoms with van der Waals surface area (Å²) in [4.78, 5) is 39.3. The Balaban J connectivity index is 1.52. The highest BCUT2D eigenvalue weighted by Gasteiger charge is 2.34. The molecule has 0 radical (unpaired) electrons. The van der Waals surface area contributed by atoms with Crippen LogP contribution in [0, 0.1) is 5.82 Å². The number of rotatable bonds is 5. The van der Waals surface area contributed by atoms with Gasteiger partial charge in [0.2, 0.25) is 11.9 Å². The molecule has 2 amide bonds. The van der Waals surface area contributed by atoms with Crippen molar-refractivity contribution in [3.63, 3.8) is 0 Å². The number of H-pyrrole nitrogens is 1. The molecule has 10 heteroatoms. The van der Waals surface area contributed by atoms with Gasteiger partial charge in [0.1, 0.15) is 5.82 Å². The number of aromatic amines is 1. The topological polar surface area (TPSA) is 108 Å². The molecule has 3 heterocycles. The third-order valence-corrected chi connectivity index (χ3v) is 6.74. The number of carbonyl (C=O) groups excluding carboxylic acids is 2. The molecule has 1 aliphatic rings. The third-order valence-electron chi connectivity index (χ3n) is 5.78. The summed E-state index contributed by atoms with van der Waals surface area (Å²) in [5.41, 5.74) is 1.87. The van der Waals surface area contributed by atoms with Crippen molar-refractivity contribution in [2.75, 3.05) is 17.7 Å². The molecular formula is C24H20FN5O3S. The lowest BCUT2D eigenvalue weighted by Crippen LogP contribution is -2.43. The molecule has 8 nitrogen and oxygen atoms in total. The smallest absolute Gasteiger partial charge is 0.261 e. The minimum Gasteiger partial charge on any atom is -0.360 e. The maximum Gasteiger partial charge on any atom is 0.261 e. The molecule has 2 N–H and O–H groups in total. The van der Waals surface area contributed by atoms with E-state index in [2.05, 4.69) is 20.3 Å². The number of fused-ring (bicyclic) bond motifs is 1. The largest absolute Gasteiger partial charge is 0.360 e. The van der Waals surface area contributed by atoms with E-state index in [9.17, 15) is 18.2 Å². The highest BCUT2D eigenvalue weighted by Crippen LogP contribution is 2.27. The molecule has 2 aromatic carbocycles. The molecule has 0 spiro atoms. The molecule has 2 unspecified atom stereocenters. The number of nitrogens with zero attached hydrogens (tertiary/aromatic N) is 3. The van der Waals surface area contributed by atoms with Crippen molar-refractivity contribution in [1.29, 1.82) is 0 Å². The Hall–Kier alpha value is -3.92. The van der Waals surface area contributed by atoms with Gasteiger partial charge in [-0.3, -0.25) is 18.7 Å². The van der Waals surface area contributed by atoms with E-state index in [1.54, 1.807) is 48.9 Å². The fourth-order valence-corrected chi connectivity index (χ4v) is 4.79. The summed E-state index contributed by atoms with van der Waals surface area (Å²) >= 11 is 0. The highest BCUT2D eigenvalue weighted by atomic mass is 32.2. The van der Waals surface area contributed by atoms with Gasteiger partial charge < -0.3 is 10.3 Å². The maximum atomic E-state index is 14.2. The van der Waals surface area contributed by atoms with Crippen LogP contribution in [-0.2, 0) is 15.6 Å². The van der Waals surface area contributed by atoms with E-state index in [-0.39, 0.29) is 30.7 Å². The lowest BCUT2D eigenvalue weighted by Gasteiger charge is -2.26. The summed E-state index contributed by atoms with van der Waals surface area (Å²) in [6, 6.07) is 10.9. The summed E-state index contributed by atoms with van der Waals surface area (Å²) in [5.74, 6) is -0.825. The monoisotopic (exact) mass is 477 g/mol. The molecule has 0 bridgehead atoms. The van der Waals surface area contributed by atoms with E-state index in [1.165, 1.54) is 23.4 Å². The van der Waals surface area contributed by atoms with Gasteiger partial charge in [0.05, 0.1) is 21.7 Å². The summed E-state index contributed by atoms with van der Waals surface area (Å²) in [6.07, 6.45) is 6.30. The summed E-state index contributed by atoms with van der Waals surface area (Å²) in [5, 5.41) is 3.51. The first-order valence-corrected chi connectivity index (χ1v) is 12.1. The van der Waals surface area contributed by atoms with Gasteiger partial charge in [-0.25, -0.2) is 14.4 Å². The average Bonchev–Trinajstić information content (AvgIpc) is 3.46. The van der Waals surface area contributed by atoms with Crippen LogP contribution in [0.1, 0.15) is 16.8 Å². The van der Waals surface area contributed by atoms with Crippen LogP contribution < -0.4 is 10.2 Å². The van der Waals surface area contributed by atoms with Crippen molar-refractivity contribution in [2.24, 2.45) is 0 Å². The summed E-state index contributed by atoms with van der Waals surface area (Å²) in [7, 11) is -1.17. The Morgan fingerprint density at radius 2 is 1.94 bits per heavy atom. The van der Waals surface area contributed by atoms with Gasteiger partial charge in [0.15, 0.2) is 0 Å². The molecule has 0 saturated carbocycles. The van der Waals surface area contributed by atoms with Crippen molar-refractivity contribution in [3.8, 4) is 11.1 Å². The predicted molar refractivity (Wildman–Crippen MR) is 126 cm³/mol. The van der Waals surface area contributed by atoms with Crippen LogP contribution in [0.2, 0.25) is 0 Å². The zero-order chi connectivity index (χ0) is 23.8. The van der Waals surface area contributed by atoms with Crippen LogP contribution >= 0.6 is 0 Å². The Bertz CT molecular complexity index is 1440. The fourth-order valence-electron chi connectivity index (χ4n) is 4.08. The third kappa shape index (κ3) is 3.96. The van der Waals surface area contributed by atoms with Crippen molar-refractivity contribution in [2.45, 2.75) is 17.4 Å². The van der Waals surface area contributed by atoms with E-state index >= 15 is 0 Å².